The van der Waals surface area contributed by atoms with Gasteiger partial charge in [0.25, 0.3) is 0 Å². The summed E-state index contributed by atoms with van der Waals surface area (Å²) < 4.78 is 7.42. The molecule has 0 radical (unpaired) electrons. The number of nitrogens with one attached hydrogen (secondary N) is 1. The second kappa shape index (κ2) is 4.91. The van der Waals surface area contributed by atoms with Crippen LogP contribution in [0.25, 0.3) is 0 Å². The van der Waals surface area contributed by atoms with Gasteiger partial charge in [-0.15, -0.1) is 5.10 Å². The summed E-state index contributed by atoms with van der Waals surface area (Å²) in [5.41, 5.74) is 11.0. The summed E-state index contributed by atoms with van der Waals surface area (Å²) in [6, 6.07) is 2.19. The van der Waals surface area contributed by atoms with Gasteiger partial charge in [0.15, 0.2) is 0 Å². The number of ether oxygens (including phenoxy) is 1. The molecule has 1 aliphatic heterocycles. The maximum atomic E-state index is 9.57. The molecule has 0 spiro atoms. The highest BCUT2D eigenvalue weighted by Gasteiger charge is 2.37. The molecule has 114 valence electrons. The zero-order chi connectivity index (χ0) is 16.0. The molecule has 3 N–H and O–H groups in total. The number of rotatable bonds is 2. The van der Waals surface area contributed by atoms with Crippen LogP contribution >= 0.6 is 0 Å². The summed E-state index contributed by atoms with van der Waals surface area (Å²) in [5.74, 6) is 0.240. The van der Waals surface area contributed by atoms with Crippen molar-refractivity contribution in [3.8, 4) is 11.9 Å². The summed E-state index contributed by atoms with van der Waals surface area (Å²) in [5, 5.41) is 21.2. The highest BCUT2D eigenvalue weighted by atomic mass is 16.5. The van der Waals surface area contributed by atoms with Crippen molar-refractivity contribution in [2.45, 2.75) is 40.2 Å². The van der Waals surface area contributed by atoms with Gasteiger partial charge in [-0.05, 0) is 27.7 Å². The third-order valence-electron chi connectivity index (χ3n) is 4.16. The van der Waals surface area contributed by atoms with Crippen LogP contribution in [0.15, 0.2) is 11.5 Å². The van der Waals surface area contributed by atoms with Crippen molar-refractivity contribution in [1.29, 1.82) is 5.26 Å². The molecular formula is C15H18N6O. The minimum Gasteiger partial charge on any atom is -0.420 e. The van der Waals surface area contributed by atoms with Crippen LogP contribution in [-0.4, -0.2) is 20.0 Å². The molecule has 2 aromatic heterocycles. The second-order valence-electron chi connectivity index (χ2n) is 5.39. The van der Waals surface area contributed by atoms with Gasteiger partial charge in [-0.3, -0.25) is 9.78 Å². The molecular weight excluding hydrogens is 280 g/mol. The first-order chi connectivity index (χ1) is 10.5. The molecule has 7 heteroatoms. The van der Waals surface area contributed by atoms with E-state index >= 15 is 0 Å². The molecule has 1 atom stereocenters. The van der Waals surface area contributed by atoms with Gasteiger partial charge < -0.3 is 10.5 Å². The Balaban J connectivity index is 2.31. The van der Waals surface area contributed by atoms with Gasteiger partial charge in [-0.25, -0.2) is 0 Å². The van der Waals surface area contributed by atoms with Gasteiger partial charge in [-0.2, -0.15) is 10.4 Å². The molecule has 0 saturated carbocycles. The quantitative estimate of drug-likeness (QED) is 0.879. The fourth-order valence-electron chi connectivity index (χ4n) is 3.12. The van der Waals surface area contributed by atoms with Crippen molar-refractivity contribution in [1.82, 2.24) is 20.0 Å². The van der Waals surface area contributed by atoms with E-state index in [0.717, 1.165) is 34.8 Å². The molecule has 3 heterocycles. The van der Waals surface area contributed by atoms with E-state index in [1.165, 1.54) is 0 Å². The lowest BCUT2D eigenvalue weighted by atomic mass is 9.83. The summed E-state index contributed by atoms with van der Waals surface area (Å²) in [6.45, 7) is 8.68. The van der Waals surface area contributed by atoms with Crippen LogP contribution in [0.1, 0.15) is 41.1 Å². The van der Waals surface area contributed by atoms with E-state index in [2.05, 4.69) is 21.4 Å². The maximum absolute atomic E-state index is 9.57. The Morgan fingerprint density at radius 1 is 1.36 bits per heavy atom. The van der Waals surface area contributed by atoms with Gasteiger partial charge in [0.2, 0.25) is 11.8 Å². The zero-order valence-corrected chi connectivity index (χ0v) is 13.1. The Bertz CT molecular complexity index is 820. The third kappa shape index (κ3) is 1.80. The number of nitrogens with zero attached hydrogens (tertiary/aromatic N) is 4. The summed E-state index contributed by atoms with van der Waals surface area (Å²) in [7, 11) is 0. The standard InChI is InChI=1S/C15H18N6O/c1-5-21-9(4)11(8(3)20-21)13-10(6-16)14(17)22-15-12(13)7(2)18-19-15/h13H,5,17H2,1-4H3,(H,18,19)/t13-/m0/s1. The van der Waals surface area contributed by atoms with E-state index in [-0.39, 0.29) is 11.8 Å². The lowest BCUT2D eigenvalue weighted by Gasteiger charge is -2.23. The van der Waals surface area contributed by atoms with Crippen LogP contribution < -0.4 is 10.5 Å². The van der Waals surface area contributed by atoms with Gasteiger partial charge in [0.1, 0.15) is 11.6 Å². The van der Waals surface area contributed by atoms with E-state index in [0.29, 0.717) is 11.5 Å². The second-order valence-corrected chi connectivity index (χ2v) is 5.39. The third-order valence-corrected chi connectivity index (χ3v) is 4.16. The average Bonchev–Trinajstić information content (AvgIpc) is 2.98. The average molecular weight is 298 g/mol. The molecule has 7 nitrogen and oxygen atoms in total. The molecule has 2 aromatic rings. The molecule has 22 heavy (non-hydrogen) atoms. The zero-order valence-electron chi connectivity index (χ0n) is 13.1. The lowest BCUT2D eigenvalue weighted by Crippen LogP contribution is -2.21. The minimum absolute atomic E-state index is 0.106. The van der Waals surface area contributed by atoms with Crippen molar-refractivity contribution in [3.63, 3.8) is 0 Å². The Labute approximate surface area is 128 Å². The normalized spacial score (nSPS) is 17.1. The number of hydrogen-bond acceptors (Lipinski definition) is 5. The largest absolute Gasteiger partial charge is 0.420 e. The number of nitrogens with two attached hydrogens (primary N) is 1. The Morgan fingerprint density at radius 3 is 2.68 bits per heavy atom. The lowest BCUT2D eigenvalue weighted by molar-refractivity contribution is 0.378. The number of aromatic amines is 1. The van der Waals surface area contributed by atoms with Crippen LogP contribution in [0.5, 0.6) is 5.88 Å². The molecule has 0 saturated heterocycles. The van der Waals surface area contributed by atoms with Gasteiger partial charge in [0, 0.05) is 29.1 Å². The van der Waals surface area contributed by atoms with E-state index in [1.54, 1.807) is 0 Å². The molecule has 0 bridgehead atoms. The predicted octanol–water partition coefficient (Wildman–Crippen LogP) is 1.77. The number of nitriles is 1. The smallest absolute Gasteiger partial charge is 0.244 e. The van der Waals surface area contributed by atoms with Crippen molar-refractivity contribution in [3.05, 3.63) is 39.7 Å². The number of hydrogen-bond donors (Lipinski definition) is 2. The number of allylic oxidation sites excluding steroid dienone is 1. The van der Waals surface area contributed by atoms with Gasteiger partial charge in [-0.1, -0.05) is 0 Å². The number of aryl methyl sites for hydroxylation is 3. The topological polar surface area (TPSA) is 106 Å². The molecule has 0 aliphatic carbocycles. The van der Waals surface area contributed by atoms with Crippen LogP contribution in [-0.2, 0) is 6.54 Å². The van der Waals surface area contributed by atoms with Crippen LogP contribution in [0.3, 0.4) is 0 Å². The molecule has 1 aliphatic rings. The minimum atomic E-state index is -0.298. The van der Waals surface area contributed by atoms with Crippen molar-refractivity contribution in [2.24, 2.45) is 5.73 Å². The van der Waals surface area contributed by atoms with Gasteiger partial charge >= 0.3 is 0 Å². The van der Waals surface area contributed by atoms with Crippen molar-refractivity contribution in [2.75, 3.05) is 0 Å². The van der Waals surface area contributed by atoms with E-state index < -0.39 is 0 Å². The highest BCUT2D eigenvalue weighted by molar-refractivity contribution is 5.56. The SMILES string of the molecule is CCn1nc(C)c([C@@H]2C(C#N)=C(N)Oc3n[nH]c(C)c32)c1C. The number of aromatic nitrogens is 4. The molecule has 0 amide bonds. The first kappa shape index (κ1) is 14.2. The van der Waals surface area contributed by atoms with Crippen LogP contribution in [0.4, 0.5) is 0 Å². The Morgan fingerprint density at radius 2 is 2.09 bits per heavy atom. The van der Waals surface area contributed by atoms with Crippen molar-refractivity contribution < 1.29 is 4.74 Å². The maximum Gasteiger partial charge on any atom is 0.244 e. The Kier molecular flexibility index (Phi) is 3.17. The first-order valence-electron chi connectivity index (χ1n) is 7.15. The summed E-state index contributed by atoms with van der Waals surface area (Å²) in [6.07, 6.45) is 0. The van der Waals surface area contributed by atoms with Crippen LogP contribution in [0, 0.1) is 32.1 Å². The highest BCUT2D eigenvalue weighted by Crippen LogP contribution is 2.44. The van der Waals surface area contributed by atoms with Crippen LogP contribution in [0.2, 0.25) is 0 Å². The van der Waals surface area contributed by atoms with E-state index in [1.807, 2.05) is 32.4 Å². The first-order valence-corrected chi connectivity index (χ1v) is 7.15. The Hall–Kier alpha value is -2.75. The number of H-pyrrole nitrogens is 1. The fraction of sp³-hybridized carbons (Fsp3) is 0.400. The fourth-order valence-corrected chi connectivity index (χ4v) is 3.12. The van der Waals surface area contributed by atoms with E-state index in [9.17, 15) is 5.26 Å². The summed E-state index contributed by atoms with van der Waals surface area (Å²) in [4.78, 5) is 0. The van der Waals surface area contributed by atoms with E-state index in [4.69, 9.17) is 10.5 Å². The van der Waals surface area contributed by atoms with Gasteiger partial charge in [0.05, 0.1) is 11.6 Å². The molecule has 0 unspecified atom stereocenters. The summed E-state index contributed by atoms with van der Waals surface area (Å²) >= 11 is 0. The van der Waals surface area contributed by atoms with Crippen molar-refractivity contribution >= 4 is 0 Å². The predicted molar refractivity (Wildman–Crippen MR) is 80.0 cm³/mol. The molecule has 3 rings (SSSR count). The number of fused-ring (bicyclic) bond motifs is 1. The molecule has 0 fully saturated rings. The molecule has 0 aromatic carbocycles. The monoisotopic (exact) mass is 298 g/mol.